The van der Waals surface area contributed by atoms with E-state index in [0.717, 1.165) is 74.7 Å². The molecule has 0 amide bonds. The van der Waals surface area contributed by atoms with Crippen LogP contribution in [0.25, 0.3) is 0 Å². The molecule has 3 N–H and O–H groups in total. The van der Waals surface area contributed by atoms with Gasteiger partial charge in [0.05, 0.1) is 47.1 Å². The number of hydrogen-bond acceptors (Lipinski definition) is 9. The molecule has 1 saturated carbocycles. The van der Waals surface area contributed by atoms with Crippen molar-refractivity contribution in [2.45, 2.75) is 60.3 Å². The van der Waals surface area contributed by atoms with Crippen LogP contribution in [0.2, 0.25) is 0 Å². The summed E-state index contributed by atoms with van der Waals surface area (Å²) in [6.07, 6.45) is 8.67. The lowest BCUT2D eigenvalue weighted by Crippen LogP contribution is -2.16. The molecule has 9 nitrogen and oxygen atoms in total. The number of fused-ring (bicyclic) bond motifs is 5. The van der Waals surface area contributed by atoms with Crippen LogP contribution in [0.3, 0.4) is 0 Å². The Hall–Kier alpha value is -4.37. The van der Waals surface area contributed by atoms with Gasteiger partial charge >= 0.3 is 5.97 Å². The molecule has 0 radical (unpaired) electrons. The molecule has 6 rings (SSSR count). The number of rotatable bonds is 6. The number of nitrogens with one attached hydrogen (secondary N) is 1. The summed E-state index contributed by atoms with van der Waals surface area (Å²) in [7, 11) is 0. The Morgan fingerprint density at radius 3 is 2.53 bits per heavy atom. The summed E-state index contributed by atoms with van der Waals surface area (Å²) in [6.45, 7) is 9.86. The zero-order valence-electron chi connectivity index (χ0n) is 25.2. The maximum Gasteiger partial charge on any atom is 0.305 e. The number of carbonyl (C=O) groups excluding carboxylic acids is 2. The second kappa shape index (κ2) is 11.0. The molecule has 43 heavy (non-hydrogen) atoms. The largest absolute Gasteiger partial charge is 0.515 e. The maximum atomic E-state index is 13.4. The molecule has 5 aliphatic heterocycles. The molecule has 2 atom stereocenters. The van der Waals surface area contributed by atoms with E-state index in [0.29, 0.717) is 29.0 Å². The molecule has 6 aliphatic rings. The summed E-state index contributed by atoms with van der Waals surface area (Å²) in [4.78, 5) is 40.8. The van der Waals surface area contributed by atoms with E-state index in [1.54, 1.807) is 0 Å². The normalized spacial score (nSPS) is 25.3. The van der Waals surface area contributed by atoms with Gasteiger partial charge in [0.2, 0.25) is 0 Å². The van der Waals surface area contributed by atoms with E-state index in [-0.39, 0.29) is 49.6 Å². The van der Waals surface area contributed by atoms with E-state index in [2.05, 4.69) is 19.2 Å². The topological polar surface area (TPSA) is 133 Å². The molecule has 8 bridgehead atoms. The maximum absolute atomic E-state index is 13.4. The SMILES string of the molecule is CCC1=C(C)C2=CC3=NC(=C(C)/C3=C\O)C=C3NC(=C4CC(=O)C5=C(C)C(=CC1=N2)N=C45)[C@@H](CCC(=O)OCCO)[C@@H]3C. The second-order valence-corrected chi connectivity index (χ2v) is 11.6. The zero-order chi connectivity index (χ0) is 30.6. The average molecular weight is 581 g/mol. The van der Waals surface area contributed by atoms with Crippen molar-refractivity contribution < 1.29 is 24.5 Å². The van der Waals surface area contributed by atoms with E-state index in [1.165, 1.54) is 0 Å². The Morgan fingerprint density at radius 1 is 1.07 bits per heavy atom. The highest BCUT2D eigenvalue weighted by molar-refractivity contribution is 6.38. The minimum atomic E-state index is -0.371. The number of aliphatic hydroxyl groups is 2. The minimum Gasteiger partial charge on any atom is -0.515 e. The van der Waals surface area contributed by atoms with Crippen LogP contribution >= 0.6 is 0 Å². The van der Waals surface area contributed by atoms with Gasteiger partial charge in [-0.25, -0.2) is 15.0 Å². The Bertz CT molecular complexity index is 1720. The van der Waals surface area contributed by atoms with Crippen LogP contribution in [0.4, 0.5) is 0 Å². The third-order valence-corrected chi connectivity index (χ3v) is 9.23. The second-order valence-electron chi connectivity index (χ2n) is 11.6. The highest BCUT2D eigenvalue weighted by atomic mass is 16.5. The Morgan fingerprint density at radius 2 is 1.81 bits per heavy atom. The molecular formula is C34H36N4O5. The smallest absolute Gasteiger partial charge is 0.305 e. The lowest BCUT2D eigenvalue weighted by Gasteiger charge is -2.17. The standard InChI is InChI=1S/C34H36N4O5/c1-6-20-16(2)25-13-29-23(15-40)18(4)24(36-29)12-26-17(3)21(7-8-31(42)43-10-9-39)33(37-26)22-11-30(41)32-19(5)27(38-34(22)32)14-28(20)35-25/h12-15,17,21,37,39-40H,6-11H2,1-5H3/b23-15+,25-13?,26-12?,27-14?,33-22?/t17-,21-/m0/s1. The van der Waals surface area contributed by atoms with Crippen molar-refractivity contribution in [3.63, 3.8) is 0 Å². The van der Waals surface area contributed by atoms with Gasteiger partial charge in [-0.1, -0.05) is 13.8 Å². The van der Waals surface area contributed by atoms with Gasteiger partial charge in [0.15, 0.2) is 5.78 Å². The third kappa shape index (κ3) is 4.72. The van der Waals surface area contributed by atoms with Crippen LogP contribution in [0, 0.1) is 11.8 Å². The molecule has 9 heteroatoms. The fourth-order valence-corrected chi connectivity index (χ4v) is 6.77. The molecule has 1 saturated heterocycles. The van der Waals surface area contributed by atoms with Crippen LogP contribution in [0.15, 0.2) is 107 Å². The summed E-state index contributed by atoms with van der Waals surface area (Å²) < 4.78 is 5.13. The van der Waals surface area contributed by atoms with E-state index >= 15 is 0 Å². The Labute approximate surface area is 250 Å². The molecule has 0 aromatic carbocycles. The molecule has 0 spiro atoms. The number of esters is 1. The summed E-state index contributed by atoms with van der Waals surface area (Å²) in [5.74, 6) is -0.457. The summed E-state index contributed by atoms with van der Waals surface area (Å²) in [5, 5.41) is 22.9. The van der Waals surface area contributed by atoms with Gasteiger partial charge in [-0.3, -0.25) is 9.59 Å². The number of allylic oxidation sites excluding steroid dienone is 12. The van der Waals surface area contributed by atoms with Crippen molar-refractivity contribution in [3.05, 3.63) is 92.0 Å². The van der Waals surface area contributed by atoms with E-state index in [9.17, 15) is 14.7 Å². The highest BCUT2D eigenvalue weighted by Crippen LogP contribution is 2.45. The van der Waals surface area contributed by atoms with Crippen molar-refractivity contribution >= 4 is 28.9 Å². The molecular weight excluding hydrogens is 544 g/mol. The Kier molecular flexibility index (Phi) is 7.38. The van der Waals surface area contributed by atoms with Gasteiger partial charge in [0.25, 0.3) is 0 Å². The number of hydrogen-bond donors (Lipinski definition) is 3. The number of Topliss-reactive ketones (excluding diaryl/α,β-unsaturated/α-hetero) is 1. The van der Waals surface area contributed by atoms with Crippen LogP contribution in [-0.4, -0.2) is 52.3 Å². The number of aliphatic hydroxyl groups excluding tert-OH is 2. The van der Waals surface area contributed by atoms with Crippen LogP contribution < -0.4 is 5.32 Å². The lowest BCUT2D eigenvalue weighted by molar-refractivity contribution is -0.144. The Balaban J connectivity index is 1.55. The van der Waals surface area contributed by atoms with Crippen molar-refractivity contribution in [1.82, 2.24) is 5.32 Å². The first-order chi connectivity index (χ1) is 20.7. The number of ether oxygens (including phenoxy) is 1. The lowest BCUT2D eigenvalue weighted by atomic mass is 9.86. The van der Waals surface area contributed by atoms with Gasteiger partial charge in [-0.15, -0.1) is 0 Å². The van der Waals surface area contributed by atoms with Crippen molar-refractivity contribution in [3.8, 4) is 0 Å². The molecule has 5 heterocycles. The van der Waals surface area contributed by atoms with Crippen LogP contribution in [-0.2, 0) is 14.3 Å². The first-order valence-corrected chi connectivity index (χ1v) is 14.9. The molecule has 222 valence electrons. The van der Waals surface area contributed by atoms with Gasteiger partial charge < -0.3 is 20.3 Å². The van der Waals surface area contributed by atoms with E-state index in [1.807, 2.05) is 39.0 Å². The number of nitrogens with zero attached hydrogens (tertiary/aromatic N) is 3. The van der Waals surface area contributed by atoms with Gasteiger partial charge in [0, 0.05) is 52.8 Å². The molecule has 1 aliphatic carbocycles. The van der Waals surface area contributed by atoms with Gasteiger partial charge in [-0.2, -0.15) is 0 Å². The summed E-state index contributed by atoms with van der Waals surface area (Å²) >= 11 is 0. The van der Waals surface area contributed by atoms with Gasteiger partial charge in [0.1, 0.15) is 6.61 Å². The van der Waals surface area contributed by atoms with Crippen molar-refractivity contribution in [2.24, 2.45) is 26.8 Å². The van der Waals surface area contributed by atoms with Crippen molar-refractivity contribution in [1.29, 1.82) is 0 Å². The van der Waals surface area contributed by atoms with E-state index in [4.69, 9.17) is 24.8 Å². The van der Waals surface area contributed by atoms with Crippen molar-refractivity contribution in [2.75, 3.05) is 13.2 Å². The third-order valence-electron chi connectivity index (χ3n) is 9.23. The number of carbonyl (C=O) groups is 2. The monoisotopic (exact) mass is 580 g/mol. The fraction of sp³-hybridized carbons (Fsp3) is 0.382. The highest BCUT2D eigenvalue weighted by Gasteiger charge is 2.43. The summed E-state index contributed by atoms with van der Waals surface area (Å²) in [6, 6.07) is 0. The first kappa shape index (κ1) is 28.7. The fourth-order valence-electron chi connectivity index (χ4n) is 6.77. The predicted octanol–water partition coefficient (Wildman–Crippen LogP) is 5.17. The van der Waals surface area contributed by atoms with E-state index < -0.39 is 0 Å². The molecule has 2 fully saturated rings. The zero-order valence-corrected chi connectivity index (χ0v) is 25.2. The summed E-state index contributed by atoms with van der Waals surface area (Å²) in [5.41, 5.74) is 12.2. The number of ketones is 1. The van der Waals surface area contributed by atoms with Crippen LogP contribution in [0.1, 0.15) is 60.3 Å². The average Bonchev–Trinajstić information content (AvgIpc) is 3.73. The molecule has 0 unspecified atom stereocenters. The quantitative estimate of drug-likeness (QED) is 0.293. The molecule has 0 aromatic heterocycles. The van der Waals surface area contributed by atoms with Gasteiger partial charge in [-0.05, 0) is 74.1 Å². The first-order valence-electron chi connectivity index (χ1n) is 14.9. The minimum absolute atomic E-state index is 0.0246. The molecule has 0 aromatic rings. The predicted molar refractivity (Wildman–Crippen MR) is 165 cm³/mol. The van der Waals surface area contributed by atoms with Crippen LogP contribution in [0.5, 0.6) is 0 Å². The number of aliphatic imine (C=N–C) groups is 3.